The molecule has 0 aliphatic carbocycles. The van der Waals surface area contributed by atoms with E-state index >= 15 is 0 Å². The molecule has 4 heteroatoms. The van der Waals surface area contributed by atoms with Gasteiger partial charge in [-0.15, -0.1) is 0 Å². The first-order chi connectivity index (χ1) is 8.01. The van der Waals surface area contributed by atoms with Crippen LogP contribution in [0.4, 0.5) is 10.5 Å². The molecule has 2 N–H and O–H groups in total. The third-order valence-corrected chi connectivity index (χ3v) is 3.32. The predicted molar refractivity (Wildman–Crippen MR) is 66.8 cm³/mol. The Labute approximate surface area is 101 Å². The summed E-state index contributed by atoms with van der Waals surface area (Å²) in [5.41, 5.74) is 0.0612. The molecule has 0 atom stereocenters. The van der Waals surface area contributed by atoms with Gasteiger partial charge in [0, 0.05) is 5.69 Å². The molecule has 1 aliphatic heterocycles. The van der Waals surface area contributed by atoms with Gasteiger partial charge in [-0.25, -0.2) is 4.79 Å². The maximum absolute atomic E-state index is 11.8. The van der Waals surface area contributed by atoms with Gasteiger partial charge in [-0.05, 0) is 18.1 Å². The second-order valence-electron chi connectivity index (χ2n) is 4.91. The highest BCUT2D eigenvalue weighted by atomic mass is 16.3. The summed E-state index contributed by atoms with van der Waals surface area (Å²) in [4.78, 5) is 13.4. The number of β-amino-alcohol motifs (C(OH)–C–C–N with tert-alkyl or cyclic N) is 1. The van der Waals surface area contributed by atoms with Crippen molar-refractivity contribution >= 4 is 11.7 Å². The van der Waals surface area contributed by atoms with E-state index < -0.39 is 5.60 Å². The van der Waals surface area contributed by atoms with Crippen LogP contribution < -0.4 is 5.32 Å². The van der Waals surface area contributed by atoms with E-state index in [1.807, 2.05) is 44.2 Å². The number of aliphatic hydroxyl groups is 1. The van der Waals surface area contributed by atoms with E-state index in [1.54, 1.807) is 4.90 Å². The van der Waals surface area contributed by atoms with Crippen LogP contribution in [0.15, 0.2) is 30.3 Å². The number of urea groups is 1. The van der Waals surface area contributed by atoms with Crippen LogP contribution in [-0.4, -0.2) is 34.7 Å². The number of carbonyl (C=O) groups excluding carboxylic acids is 1. The molecule has 1 aromatic carbocycles. The number of hydrogen-bond donors (Lipinski definition) is 2. The summed E-state index contributed by atoms with van der Waals surface area (Å²) in [6.45, 7) is 4.74. The average Bonchev–Trinajstić information content (AvgIpc) is 2.25. The molecule has 2 rings (SSSR count). The molecule has 0 aromatic heterocycles. The first-order valence-corrected chi connectivity index (χ1v) is 5.84. The minimum absolute atomic E-state index is 0.151. The van der Waals surface area contributed by atoms with Gasteiger partial charge in [0.15, 0.2) is 0 Å². The molecule has 1 aromatic rings. The number of benzene rings is 1. The second-order valence-corrected chi connectivity index (χ2v) is 4.91. The molecule has 0 saturated carbocycles. The standard InChI is InChI=1S/C13H18N2O2/c1-10(2)13(17)8-15(9-13)12(16)14-11-6-4-3-5-7-11/h3-7,10,17H,8-9H2,1-2H3,(H,14,16). The van der Waals surface area contributed by atoms with E-state index in [-0.39, 0.29) is 11.9 Å². The molecule has 0 unspecified atom stereocenters. The Hall–Kier alpha value is -1.55. The van der Waals surface area contributed by atoms with Gasteiger partial charge < -0.3 is 15.3 Å². The van der Waals surface area contributed by atoms with Gasteiger partial charge in [-0.3, -0.25) is 0 Å². The Morgan fingerprint density at radius 3 is 2.47 bits per heavy atom. The van der Waals surface area contributed by atoms with Gasteiger partial charge >= 0.3 is 6.03 Å². The average molecular weight is 234 g/mol. The van der Waals surface area contributed by atoms with Gasteiger partial charge in [0.1, 0.15) is 5.60 Å². The normalized spacial score (nSPS) is 17.8. The summed E-state index contributed by atoms with van der Waals surface area (Å²) in [6.07, 6.45) is 0. The quantitative estimate of drug-likeness (QED) is 0.821. The fourth-order valence-electron chi connectivity index (χ4n) is 1.85. The molecule has 0 bridgehead atoms. The van der Waals surface area contributed by atoms with Crippen molar-refractivity contribution in [3.05, 3.63) is 30.3 Å². The van der Waals surface area contributed by atoms with E-state index in [4.69, 9.17) is 0 Å². The first kappa shape index (κ1) is 11.9. The molecule has 92 valence electrons. The van der Waals surface area contributed by atoms with Crippen molar-refractivity contribution in [2.45, 2.75) is 19.4 Å². The van der Waals surface area contributed by atoms with Gasteiger partial charge in [-0.2, -0.15) is 0 Å². The number of rotatable bonds is 2. The van der Waals surface area contributed by atoms with Crippen molar-refractivity contribution in [1.82, 2.24) is 4.90 Å². The highest BCUT2D eigenvalue weighted by molar-refractivity contribution is 5.90. The monoisotopic (exact) mass is 234 g/mol. The van der Waals surface area contributed by atoms with Gasteiger partial charge in [0.2, 0.25) is 0 Å². The van der Waals surface area contributed by atoms with Crippen LogP contribution in [0.1, 0.15) is 13.8 Å². The van der Waals surface area contributed by atoms with Crippen LogP contribution in [-0.2, 0) is 0 Å². The molecule has 0 spiro atoms. The van der Waals surface area contributed by atoms with E-state index in [0.29, 0.717) is 13.1 Å². The van der Waals surface area contributed by atoms with Crippen molar-refractivity contribution in [1.29, 1.82) is 0 Å². The lowest BCUT2D eigenvalue weighted by atomic mass is 9.83. The molecule has 1 fully saturated rings. The minimum atomic E-state index is -0.714. The Kier molecular flexibility index (Phi) is 3.07. The molecule has 0 radical (unpaired) electrons. The summed E-state index contributed by atoms with van der Waals surface area (Å²) in [7, 11) is 0. The molecule has 1 heterocycles. The van der Waals surface area contributed by atoms with Crippen molar-refractivity contribution in [3.8, 4) is 0 Å². The molecule has 1 aliphatic rings. The van der Waals surface area contributed by atoms with Crippen molar-refractivity contribution < 1.29 is 9.90 Å². The van der Waals surface area contributed by atoms with E-state index in [0.717, 1.165) is 5.69 Å². The van der Waals surface area contributed by atoms with Gasteiger partial charge in [0.25, 0.3) is 0 Å². The summed E-state index contributed by atoms with van der Waals surface area (Å²) >= 11 is 0. The lowest BCUT2D eigenvalue weighted by Crippen LogP contribution is -2.66. The third-order valence-electron chi connectivity index (χ3n) is 3.32. The molecule has 1 saturated heterocycles. The second kappa shape index (κ2) is 4.37. The zero-order chi connectivity index (χ0) is 12.5. The number of likely N-dealkylation sites (tertiary alicyclic amines) is 1. The van der Waals surface area contributed by atoms with Crippen LogP contribution in [0.25, 0.3) is 0 Å². The topological polar surface area (TPSA) is 52.6 Å². The van der Waals surface area contributed by atoms with Crippen LogP contribution in [0, 0.1) is 5.92 Å². The highest BCUT2D eigenvalue weighted by Crippen LogP contribution is 2.28. The molecular formula is C13H18N2O2. The van der Waals surface area contributed by atoms with Crippen molar-refractivity contribution in [2.75, 3.05) is 18.4 Å². The summed E-state index contributed by atoms with van der Waals surface area (Å²) < 4.78 is 0. The fourth-order valence-corrected chi connectivity index (χ4v) is 1.85. The Morgan fingerprint density at radius 2 is 1.94 bits per heavy atom. The maximum atomic E-state index is 11.8. The number of anilines is 1. The Morgan fingerprint density at radius 1 is 1.35 bits per heavy atom. The number of amides is 2. The van der Waals surface area contributed by atoms with Crippen molar-refractivity contribution in [2.24, 2.45) is 5.92 Å². The van der Waals surface area contributed by atoms with Crippen LogP contribution in [0.2, 0.25) is 0 Å². The summed E-state index contributed by atoms with van der Waals surface area (Å²) in [5.74, 6) is 0.170. The number of nitrogens with one attached hydrogen (secondary N) is 1. The lowest BCUT2D eigenvalue weighted by Gasteiger charge is -2.48. The number of nitrogens with zero attached hydrogens (tertiary/aromatic N) is 1. The van der Waals surface area contributed by atoms with Gasteiger partial charge in [0.05, 0.1) is 13.1 Å². The lowest BCUT2D eigenvalue weighted by molar-refractivity contribution is -0.105. The van der Waals surface area contributed by atoms with Crippen molar-refractivity contribution in [3.63, 3.8) is 0 Å². The van der Waals surface area contributed by atoms with Crippen LogP contribution in [0.5, 0.6) is 0 Å². The largest absolute Gasteiger partial charge is 0.386 e. The smallest absolute Gasteiger partial charge is 0.322 e. The number of hydrogen-bond acceptors (Lipinski definition) is 2. The highest BCUT2D eigenvalue weighted by Gasteiger charge is 2.45. The Bertz CT molecular complexity index is 397. The zero-order valence-electron chi connectivity index (χ0n) is 10.2. The zero-order valence-corrected chi connectivity index (χ0v) is 10.2. The van der Waals surface area contributed by atoms with Crippen LogP contribution in [0.3, 0.4) is 0 Å². The number of para-hydroxylation sites is 1. The molecule has 2 amide bonds. The van der Waals surface area contributed by atoms with E-state index in [1.165, 1.54) is 0 Å². The van der Waals surface area contributed by atoms with E-state index in [9.17, 15) is 9.90 Å². The minimum Gasteiger partial charge on any atom is -0.386 e. The SMILES string of the molecule is CC(C)C1(O)CN(C(=O)Nc2ccccc2)C1. The van der Waals surface area contributed by atoms with E-state index in [2.05, 4.69) is 5.32 Å². The summed E-state index contributed by atoms with van der Waals surface area (Å²) in [5, 5.41) is 12.8. The fraction of sp³-hybridized carbons (Fsp3) is 0.462. The maximum Gasteiger partial charge on any atom is 0.322 e. The predicted octanol–water partition coefficient (Wildman–Crippen LogP) is 1.92. The Balaban J connectivity index is 1.88. The molecular weight excluding hydrogens is 216 g/mol. The van der Waals surface area contributed by atoms with Gasteiger partial charge in [-0.1, -0.05) is 32.0 Å². The molecule has 17 heavy (non-hydrogen) atoms. The first-order valence-electron chi connectivity index (χ1n) is 5.84. The third kappa shape index (κ3) is 2.42. The number of carbonyl (C=O) groups is 1. The molecule has 4 nitrogen and oxygen atoms in total. The van der Waals surface area contributed by atoms with Crippen LogP contribution >= 0.6 is 0 Å². The summed E-state index contributed by atoms with van der Waals surface area (Å²) in [6, 6.07) is 9.17.